The Kier molecular flexibility index (Phi) is 12.8. The minimum atomic E-state index is 1.11. The van der Waals surface area contributed by atoms with Gasteiger partial charge >= 0.3 is 0 Å². The largest absolute Gasteiger partial charge is 0.309 e. The first-order valence-corrected chi connectivity index (χ1v) is 36.0. The molecule has 18 aromatic carbocycles. The van der Waals surface area contributed by atoms with E-state index in [1.807, 2.05) is 0 Å². The molecule has 0 spiro atoms. The average Bonchev–Trinajstić information content (AvgIpc) is 1.56. The van der Waals surface area contributed by atoms with Gasteiger partial charge in [-0.3, -0.25) is 0 Å². The number of hydrogen-bond donors (Lipinski definition) is 0. The van der Waals surface area contributed by atoms with Crippen LogP contribution >= 0.6 is 0 Å². The summed E-state index contributed by atoms with van der Waals surface area (Å²) in [7, 11) is 0. The lowest BCUT2D eigenvalue weighted by Gasteiger charge is -2.15. The van der Waals surface area contributed by atoms with Crippen molar-refractivity contribution < 1.29 is 0 Å². The summed E-state index contributed by atoms with van der Waals surface area (Å²) in [5.74, 6) is 0. The molecule has 0 atom stereocenters. The lowest BCUT2D eigenvalue weighted by atomic mass is 9.92. The molecular weight excluding hydrogens is 1260 g/mol. The predicted molar refractivity (Wildman–Crippen MR) is 441 cm³/mol. The summed E-state index contributed by atoms with van der Waals surface area (Å²) in [5, 5.41) is 19.5. The molecule has 0 N–H and O–H groups in total. The molecular formula is C100H62N4. The third-order valence-corrected chi connectivity index (χ3v) is 22.3. The maximum absolute atomic E-state index is 2.54. The molecule has 0 bridgehead atoms. The SMILES string of the molecule is c1ccc(-c2ccc(-n3c4ccccc4c4cc(-c5c6ccccc6cc6c7c8cc(-c9ccc%10c(c9)c9ccc(-c%11c%12ccccc%12cc%12c%13c%14ccccc%14ccc%13n(-c%13ccccc%13)c%11%12)cc9n%10-c9ccc(-c%10ccccc%10)cc9)ccc8ccc7n(-c7ccccc7)c56)ccc43)cc2)cc1. The quantitative estimate of drug-likeness (QED) is 0.137. The fourth-order valence-corrected chi connectivity index (χ4v) is 17.6. The van der Waals surface area contributed by atoms with Gasteiger partial charge in [-0.05, 0) is 203 Å². The number of benzene rings is 18. The van der Waals surface area contributed by atoms with Gasteiger partial charge in [-0.1, -0.05) is 261 Å². The highest BCUT2D eigenvalue weighted by atomic mass is 15.0. The highest BCUT2D eigenvalue weighted by Crippen LogP contribution is 2.50. The first-order chi connectivity index (χ1) is 51.6. The van der Waals surface area contributed by atoms with Crippen molar-refractivity contribution in [1.29, 1.82) is 0 Å². The molecule has 22 aromatic rings. The number of rotatable bonds is 9. The Hall–Kier alpha value is -13.8. The Morgan fingerprint density at radius 1 is 0.144 bits per heavy atom. The maximum Gasteiger partial charge on any atom is 0.0626 e. The van der Waals surface area contributed by atoms with E-state index >= 15 is 0 Å². The van der Waals surface area contributed by atoms with Crippen LogP contribution in [0, 0.1) is 0 Å². The van der Waals surface area contributed by atoms with Crippen molar-refractivity contribution >= 4 is 130 Å². The first kappa shape index (κ1) is 58.0. The average molecular weight is 1320 g/mol. The standard InChI is InChI=1S/C100H62N4/c1-5-21-63(22-6-1)65-39-48-77(49-40-65)101-89-36-20-19-35-82(89)86-61-73(47-54-90(86)101)95-80-33-17-14-27-72(80)60-88-98-84-57-69(38-37-68(84)45-56-93(98)104(100(88)95)76-30-11-4-12-31-76)70-46-53-91-85(58-70)83-52-43-74(62-94(83)102(91)78-50-41-66(42-51-78)64-23-7-2-8-24-64)96-81-34-18-15-26-71(81)59-87-97-79-32-16-13-25-67(79)44-55-92(97)103(99(87)96)75-28-9-3-10-29-75/h1-62H. The Labute approximate surface area is 599 Å². The number of aromatic nitrogens is 4. The predicted octanol–water partition coefficient (Wildman–Crippen LogP) is 27.0. The van der Waals surface area contributed by atoms with Crippen LogP contribution in [0.2, 0.25) is 0 Å². The summed E-state index contributed by atoms with van der Waals surface area (Å²) in [4.78, 5) is 0. The lowest BCUT2D eigenvalue weighted by molar-refractivity contribution is 1.18. The molecule has 0 aliphatic carbocycles. The second-order valence-corrected chi connectivity index (χ2v) is 27.9. The molecule has 0 fully saturated rings. The Morgan fingerprint density at radius 3 is 1.04 bits per heavy atom. The van der Waals surface area contributed by atoms with Gasteiger partial charge < -0.3 is 18.3 Å². The summed E-state index contributed by atoms with van der Waals surface area (Å²) in [6.45, 7) is 0. The Balaban J connectivity index is 0.754. The van der Waals surface area contributed by atoms with Crippen LogP contribution in [0.3, 0.4) is 0 Å². The van der Waals surface area contributed by atoms with Crippen LogP contribution in [0.5, 0.6) is 0 Å². The van der Waals surface area contributed by atoms with E-state index in [1.54, 1.807) is 0 Å². The molecule has 22 rings (SSSR count). The van der Waals surface area contributed by atoms with E-state index in [0.29, 0.717) is 0 Å². The molecule has 104 heavy (non-hydrogen) atoms. The van der Waals surface area contributed by atoms with E-state index in [2.05, 4.69) is 394 Å². The van der Waals surface area contributed by atoms with E-state index < -0.39 is 0 Å². The molecule has 482 valence electrons. The highest BCUT2D eigenvalue weighted by molar-refractivity contribution is 6.30. The third kappa shape index (κ3) is 8.79. The van der Waals surface area contributed by atoms with Gasteiger partial charge in [0.2, 0.25) is 0 Å². The summed E-state index contributed by atoms with van der Waals surface area (Å²) in [6.07, 6.45) is 0. The molecule has 0 amide bonds. The van der Waals surface area contributed by atoms with Crippen LogP contribution in [0.15, 0.2) is 376 Å². The second-order valence-electron chi connectivity index (χ2n) is 27.9. The van der Waals surface area contributed by atoms with Gasteiger partial charge in [0.1, 0.15) is 0 Å². The number of para-hydroxylation sites is 3. The minimum absolute atomic E-state index is 1.11. The van der Waals surface area contributed by atoms with Crippen LogP contribution in [-0.2, 0) is 0 Å². The molecule has 4 heterocycles. The normalized spacial score (nSPS) is 12.0. The zero-order valence-electron chi connectivity index (χ0n) is 56.6. The van der Waals surface area contributed by atoms with Crippen molar-refractivity contribution in [3.63, 3.8) is 0 Å². The van der Waals surface area contributed by atoms with Gasteiger partial charge in [0.15, 0.2) is 0 Å². The highest BCUT2D eigenvalue weighted by Gasteiger charge is 2.26. The van der Waals surface area contributed by atoms with E-state index in [4.69, 9.17) is 0 Å². The van der Waals surface area contributed by atoms with E-state index in [9.17, 15) is 0 Å². The molecule has 0 aliphatic heterocycles. The monoisotopic (exact) mass is 1320 g/mol. The number of fused-ring (bicyclic) bond motifs is 18. The second kappa shape index (κ2) is 22.9. The number of nitrogens with zero attached hydrogens (tertiary/aromatic N) is 4. The van der Waals surface area contributed by atoms with Gasteiger partial charge in [0.25, 0.3) is 0 Å². The van der Waals surface area contributed by atoms with Gasteiger partial charge in [-0.2, -0.15) is 0 Å². The van der Waals surface area contributed by atoms with Crippen LogP contribution < -0.4 is 0 Å². The van der Waals surface area contributed by atoms with Crippen LogP contribution in [-0.4, -0.2) is 18.3 Å². The van der Waals surface area contributed by atoms with Crippen molar-refractivity contribution in [2.75, 3.05) is 0 Å². The summed E-state index contributed by atoms with van der Waals surface area (Å²) in [6, 6.07) is 140. The summed E-state index contributed by atoms with van der Waals surface area (Å²) < 4.78 is 9.98. The molecule has 0 unspecified atom stereocenters. The van der Waals surface area contributed by atoms with Gasteiger partial charge in [-0.15, -0.1) is 0 Å². The maximum atomic E-state index is 2.54. The Morgan fingerprint density at radius 2 is 0.481 bits per heavy atom. The molecule has 0 saturated heterocycles. The van der Waals surface area contributed by atoms with Crippen molar-refractivity contribution in [1.82, 2.24) is 18.3 Å². The molecule has 0 aliphatic rings. The lowest BCUT2D eigenvalue weighted by Crippen LogP contribution is -1.97. The fourth-order valence-electron chi connectivity index (χ4n) is 17.6. The van der Waals surface area contributed by atoms with Crippen LogP contribution in [0.4, 0.5) is 0 Å². The zero-order valence-corrected chi connectivity index (χ0v) is 56.6. The molecule has 4 nitrogen and oxygen atoms in total. The summed E-state index contributed by atoms with van der Waals surface area (Å²) in [5.41, 5.74) is 25.7. The van der Waals surface area contributed by atoms with Crippen molar-refractivity contribution in [3.8, 4) is 78.4 Å². The van der Waals surface area contributed by atoms with Crippen LogP contribution in [0.25, 0.3) is 209 Å². The molecule has 0 radical (unpaired) electrons. The molecule has 4 heteroatoms. The minimum Gasteiger partial charge on any atom is -0.309 e. The topological polar surface area (TPSA) is 19.7 Å². The third-order valence-electron chi connectivity index (χ3n) is 22.3. The summed E-state index contributed by atoms with van der Waals surface area (Å²) >= 11 is 0. The van der Waals surface area contributed by atoms with Crippen LogP contribution in [0.1, 0.15) is 0 Å². The van der Waals surface area contributed by atoms with E-state index in [1.165, 1.54) is 153 Å². The molecule has 4 aromatic heterocycles. The Bertz CT molecular complexity index is 7280. The zero-order chi connectivity index (χ0) is 68.1. The van der Waals surface area contributed by atoms with Gasteiger partial charge in [0, 0.05) is 77.0 Å². The smallest absolute Gasteiger partial charge is 0.0626 e. The van der Waals surface area contributed by atoms with Crippen molar-refractivity contribution in [2.45, 2.75) is 0 Å². The van der Waals surface area contributed by atoms with Gasteiger partial charge in [0.05, 0.1) is 44.1 Å². The first-order valence-electron chi connectivity index (χ1n) is 36.0. The van der Waals surface area contributed by atoms with Crippen molar-refractivity contribution in [3.05, 3.63) is 376 Å². The van der Waals surface area contributed by atoms with E-state index in [-0.39, 0.29) is 0 Å². The van der Waals surface area contributed by atoms with Gasteiger partial charge in [-0.25, -0.2) is 0 Å². The van der Waals surface area contributed by atoms with Crippen molar-refractivity contribution in [2.24, 2.45) is 0 Å². The van der Waals surface area contributed by atoms with E-state index in [0.717, 1.165) is 56.0 Å². The molecule has 0 saturated carbocycles. The fraction of sp³-hybridized carbons (Fsp3) is 0. The number of hydrogen-bond acceptors (Lipinski definition) is 0.